The van der Waals surface area contributed by atoms with Crippen LogP contribution in [0.1, 0.15) is 16.7 Å². The van der Waals surface area contributed by atoms with Gasteiger partial charge in [0.25, 0.3) is 10.0 Å². The first-order chi connectivity index (χ1) is 10.9. The molecule has 0 unspecified atom stereocenters. The fourth-order valence-corrected chi connectivity index (χ4v) is 3.95. The third kappa shape index (κ3) is 3.82. The summed E-state index contributed by atoms with van der Waals surface area (Å²) in [5.74, 6) is 0.625. The normalized spacial score (nSPS) is 10.9. The molecule has 0 atom stereocenters. The van der Waals surface area contributed by atoms with Gasteiger partial charge >= 0.3 is 0 Å². The highest BCUT2D eigenvalue weighted by Gasteiger charge is 2.20. The Hall–Kier alpha value is -2.52. The monoisotopic (exact) mass is 330 g/mol. The molecule has 0 saturated carbocycles. The summed E-state index contributed by atoms with van der Waals surface area (Å²) in [5, 5.41) is 8.66. The molecule has 0 aliphatic heterocycles. The zero-order valence-corrected chi connectivity index (χ0v) is 14.1. The van der Waals surface area contributed by atoms with Crippen LogP contribution in [0.4, 0.5) is 5.69 Å². The van der Waals surface area contributed by atoms with Gasteiger partial charge in [0.2, 0.25) is 0 Å². The van der Waals surface area contributed by atoms with Crippen LogP contribution in [0.15, 0.2) is 41.3 Å². The second-order valence-corrected chi connectivity index (χ2v) is 6.85. The van der Waals surface area contributed by atoms with Crippen LogP contribution < -0.4 is 9.46 Å². The van der Waals surface area contributed by atoms with Crippen molar-refractivity contribution in [2.75, 3.05) is 11.8 Å². The molecule has 0 radical (unpaired) electrons. The molecule has 2 rings (SSSR count). The van der Waals surface area contributed by atoms with E-state index < -0.39 is 10.0 Å². The molecule has 0 saturated heterocycles. The predicted octanol–water partition coefficient (Wildman–Crippen LogP) is 3.18. The van der Waals surface area contributed by atoms with E-state index in [1.807, 2.05) is 0 Å². The van der Waals surface area contributed by atoms with Gasteiger partial charge in [-0.1, -0.05) is 12.1 Å². The molecule has 0 aromatic heterocycles. The third-order valence-corrected chi connectivity index (χ3v) is 5.11. The Morgan fingerprint density at radius 2 is 1.70 bits per heavy atom. The summed E-state index contributed by atoms with van der Waals surface area (Å²) < 4.78 is 33.0. The second kappa shape index (κ2) is 6.71. The summed E-state index contributed by atoms with van der Waals surface area (Å²) in [6.45, 7) is 3.47. The van der Waals surface area contributed by atoms with Crippen molar-refractivity contribution >= 4 is 15.7 Å². The molecule has 0 aliphatic carbocycles. The van der Waals surface area contributed by atoms with E-state index in [4.69, 9.17) is 10.00 Å². The van der Waals surface area contributed by atoms with Crippen molar-refractivity contribution in [1.82, 2.24) is 0 Å². The molecule has 120 valence electrons. The Morgan fingerprint density at radius 1 is 1.13 bits per heavy atom. The van der Waals surface area contributed by atoms with Crippen molar-refractivity contribution in [3.05, 3.63) is 53.1 Å². The molecule has 0 amide bonds. The topological polar surface area (TPSA) is 79.2 Å². The van der Waals surface area contributed by atoms with Gasteiger partial charge in [0.15, 0.2) is 0 Å². The number of nitrogens with one attached hydrogen (secondary N) is 1. The maximum atomic E-state index is 12.6. The molecule has 2 aromatic carbocycles. The maximum Gasteiger partial charge on any atom is 0.262 e. The molecule has 0 fully saturated rings. The number of ether oxygens (including phenoxy) is 1. The highest BCUT2D eigenvalue weighted by atomic mass is 32.2. The van der Waals surface area contributed by atoms with Gasteiger partial charge in [0.1, 0.15) is 5.75 Å². The van der Waals surface area contributed by atoms with Gasteiger partial charge in [0, 0.05) is 5.69 Å². The molecule has 23 heavy (non-hydrogen) atoms. The Kier molecular flexibility index (Phi) is 4.92. The summed E-state index contributed by atoms with van der Waals surface area (Å²) in [4.78, 5) is 0.249. The lowest BCUT2D eigenvalue weighted by molar-refractivity contribution is 0.413. The highest BCUT2D eigenvalue weighted by molar-refractivity contribution is 7.92. The molecular weight excluding hydrogens is 312 g/mol. The van der Waals surface area contributed by atoms with Crippen LogP contribution in [0.2, 0.25) is 0 Å². The Labute approximate surface area is 136 Å². The summed E-state index contributed by atoms with van der Waals surface area (Å²) in [6.07, 6.45) is 0.295. The Balaban J connectivity index is 2.34. The van der Waals surface area contributed by atoms with E-state index in [1.54, 1.807) is 57.4 Å². The number of hydrogen-bond acceptors (Lipinski definition) is 4. The van der Waals surface area contributed by atoms with E-state index in [-0.39, 0.29) is 4.90 Å². The number of anilines is 1. The molecule has 5 nitrogen and oxygen atoms in total. The fraction of sp³-hybridized carbons (Fsp3) is 0.235. The highest BCUT2D eigenvalue weighted by Crippen LogP contribution is 2.27. The van der Waals surface area contributed by atoms with E-state index in [0.29, 0.717) is 29.0 Å². The van der Waals surface area contributed by atoms with Crippen molar-refractivity contribution in [1.29, 1.82) is 5.26 Å². The number of aryl methyl sites for hydroxylation is 2. The summed E-state index contributed by atoms with van der Waals surface area (Å²) >= 11 is 0. The molecular formula is C17H18N2O3S. The first kappa shape index (κ1) is 16.8. The van der Waals surface area contributed by atoms with Crippen LogP contribution in [0.25, 0.3) is 0 Å². The van der Waals surface area contributed by atoms with Crippen molar-refractivity contribution in [2.45, 2.75) is 25.2 Å². The van der Waals surface area contributed by atoms with E-state index >= 15 is 0 Å². The van der Waals surface area contributed by atoms with Gasteiger partial charge in [-0.25, -0.2) is 8.42 Å². The van der Waals surface area contributed by atoms with Crippen LogP contribution in [0.5, 0.6) is 5.75 Å². The molecule has 1 N–H and O–H groups in total. The number of nitriles is 1. The van der Waals surface area contributed by atoms with E-state index in [2.05, 4.69) is 10.8 Å². The number of hydrogen-bond donors (Lipinski definition) is 1. The number of benzene rings is 2. The first-order valence-corrected chi connectivity index (χ1v) is 8.49. The molecule has 2 aromatic rings. The zero-order chi connectivity index (χ0) is 17.0. The first-order valence-electron chi connectivity index (χ1n) is 7.01. The fourth-order valence-electron chi connectivity index (χ4n) is 2.44. The average Bonchev–Trinajstić information content (AvgIpc) is 2.48. The van der Waals surface area contributed by atoms with E-state index in [9.17, 15) is 8.42 Å². The molecule has 0 bridgehead atoms. The van der Waals surface area contributed by atoms with Crippen LogP contribution in [0.3, 0.4) is 0 Å². The van der Waals surface area contributed by atoms with Gasteiger partial charge in [-0.2, -0.15) is 5.26 Å². The lowest BCUT2D eigenvalue weighted by atomic mass is 10.1. The maximum absolute atomic E-state index is 12.6. The number of rotatable bonds is 5. The minimum atomic E-state index is -3.70. The van der Waals surface area contributed by atoms with Gasteiger partial charge in [-0.05, 0) is 54.8 Å². The average molecular weight is 330 g/mol. The van der Waals surface area contributed by atoms with Gasteiger partial charge in [-0.3, -0.25) is 4.72 Å². The van der Waals surface area contributed by atoms with Crippen LogP contribution >= 0.6 is 0 Å². The number of sulfonamides is 1. The van der Waals surface area contributed by atoms with Crippen LogP contribution in [0, 0.1) is 25.2 Å². The van der Waals surface area contributed by atoms with Crippen molar-refractivity contribution in [2.24, 2.45) is 0 Å². The van der Waals surface area contributed by atoms with E-state index in [1.165, 1.54) is 0 Å². The van der Waals surface area contributed by atoms with Crippen molar-refractivity contribution in [3.63, 3.8) is 0 Å². The van der Waals surface area contributed by atoms with Gasteiger partial charge in [0.05, 0.1) is 24.5 Å². The van der Waals surface area contributed by atoms with E-state index in [0.717, 1.165) is 5.56 Å². The lowest BCUT2D eigenvalue weighted by Crippen LogP contribution is -2.15. The molecule has 0 heterocycles. The zero-order valence-electron chi connectivity index (χ0n) is 13.3. The quantitative estimate of drug-likeness (QED) is 0.913. The van der Waals surface area contributed by atoms with Crippen molar-refractivity contribution in [3.8, 4) is 11.8 Å². The van der Waals surface area contributed by atoms with Crippen LogP contribution in [-0.2, 0) is 16.4 Å². The smallest absolute Gasteiger partial charge is 0.262 e. The SMILES string of the molecule is COc1cc(C)c(S(=O)(=O)Nc2ccc(CC#N)cc2)c(C)c1. The van der Waals surface area contributed by atoms with Gasteiger partial charge < -0.3 is 4.74 Å². The largest absolute Gasteiger partial charge is 0.497 e. The van der Waals surface area contributed by atoms with Gasteiger partial charge in [-0.15, -0.1) is 0 Å². The number of methoxy groups -OCH3 is 1. The second-order valence-electron chi connectivity index (χ2n) is 5.23. The molecule has 6 heteroatoms. The standard InChI is InChI=1S/C17H18N2O3S/c1-12-10-16(22-3)11-13(2)17(12)23(20,21)19-15-6-4-14(5-7-15)8-9-18/h4-7,10-11,19H,8H2,1-3H3. The third-order valence-electron chi connectivity index (χ3n) is 3.43. The Bertz CT molecular complexity index is 827. The lowest BCUT2D eigenvalue weighted by Gasteiger charge is -2.14. The summed E-state index contributed by atoms with van der Waals surface area (Å²) in [5.41, 5.74) is 2.54. The summed E-state index contributed by atoms with van der Waals surface area (Å²) in [6, 6.07) is 12.2. The van der Waals surface area contributed by atoms with Crippen LogP contribution in [-0.4, -0.2) is 15.5 Å². The number of nitrogens with zero attached hydrogens (tertiary/aromatic N) is 1. The molecule has 0 aliphatic rings. The predicted molar refractivity (Wildman–Crippen MR) is 89.0 cm³/mol. The summed E-state index contributed by atoms with van der Waals surface area (Å²) in [7, 11) is -2.15. The Morgan fingerprint density at radius 3 is 2.17 bits per heavy atom. The van der Waals surface area contributed by atoms with Crippen molar-refractivity contribution < 1.29 is 13.2 Å². The molecule has 0 spiro atoms. The minimum absolute atomic E-state index is 0.249. The minimum Gasteiger partial charge on any atom is -0.497 e.